The molecule has 2 aromatic rings. The molecule has 0 bridgehead atoms. The van der Waals surface area contributed by atoms with Gasteiger partial charge in [-0.25, -0.2) is 4.79 Å². The molecular weight excluding hydrogens is 338 g/mol. The summed E-state index contributed by atoms with van der Waals surface area (Å²) in [5.41, 5.74) is 5.25. The second-order valence-corrected chi connectivity index (χ2v) is 8.38. The van der Waals surface area contributed by atoms with Crippen LogP contribution in [0.5, 0.6) is 0 Å². The van der Waals surface area contributed by atoms with Crippen LogP contribution >= 0.6 is 0 Å². The van der Waals surface area contributed by atoms with Crippen molar-refractivity contribution >= 4 is 23.4 Å². The molecule has 27 heavy (non-hydrogen) atoms. The summed E-state index contributed by atoms with van der Waals surface area (Å²) >= 11 is 0. The number of nitrogens with one attached hydrogen (secondary N) is 1. The first-order valence-corrected chi connectivity index (χ1v) is 9.25. The number of carboxylic acid groups (broad SMARTS) is 1. The number of benzene rings is 1. The number of carbonyl (C=O) groups is 2. The Bertz CT molecular complexity index is 1110. The van der Waals surface area contributed by atoms with Gasteiger partial charge in [-0.05, 0) is 72.1 Å². The number of aromatic nitrogens is 1. The molecule has 0 aliphatic heterocycles. The minimum atomic E-state index is -0.925. The van der Waals surface area contributed by atoms with Crippen LogP contribution < -0.4 is 10.7 Å². The van der Waals surface area contributed by atoms with Crippen molar-refractivity contribution in [2.45, 2.75) is 40.0 Å². The lowest BCUT2D eigenvalue weighted by Gasteiger charge is -2.26. The minimum Gasteiger partial charge on any atom is -0.478 e. The number of ketones is 1. The van der Waals surface area contributed by atoms with Crippen LogP contribution in [0.25, 0.3) is 11.6 Å². The molecule has 4 heteroatoms. The monoisotopic (exact) mass is 361 g/mol. The third-order valence-corrected chi connectivity index (χ3v) is 5.54. The molecule has 2 aliphatic rings. The lowest BCUT2D eigenvalue weighted by atomic mass is 9.77. The largest absolute Gasteiger partial charge is 0.478 e. The summed E-state index contributed by atoms with van der Waals surface area (Å²) in [6.45, 7) is 6.34. The highest BCUT2D eigenvalue weighted by molar-refractivity contribution is 6.12. The van der Waals surface area contributed by atoms with Crippen molar-refractivity contribution in [2.24, 2.45) is 5.41 Å². The molecule has 0 radical (unpaired) electrons. The van der Waals surface area contributed by atoms with Gasteiger partial charge in [-0.15, -0.1) is 0 Å². The van der Waals surface area contributed by atoms with Crippen LogP contribution in [-0.2, 0) is 12.8 Å². The number of hydrogen-bond acceptors (Lipinski definition) is 2. The number of fused-ring (bicyclic) bond motifs is 3. The fourth-order valence-electron chi connectivity index (χ4n) is 4.06. The van der Waals surface area contributed by atoms with Crippen molar-refractivity contribution in [3.8, 4) is 0 Å². The Morgan fingerprint density at radius 2 is 1.93 bits per heavy atom. The Morgan fingerprint density at radius 1 is 1.22 bits per heavy atom. The van der Waals surface area contributed by atoms with Gasteiger partial charge in [0.15, 0.2) is 5.78 Å². The van der Waals surface area contributed by atoms with Gasteiger partial charge in [-0.2, -0.15) is 0 Å². The second-order valence-electron chi connectivity index (χ2n) is 8.38. The molecule has 0 unspecified atom stereocenters. The molecule has 0 amide bonds. The van der Waals surface area contributed by atoms with E-state index in [4.69, 9.17) is 5.11 Å². The van der Waals surface area contributed by atoms with E-state index in [9.17, 15) is 9.59 Å². The number of H-pyrrole nitrogens is 1. The van der Waals surface area contributed by atoms with Crippen LogP contribution in [0, 0.1) is 5.41 Å². The normalized spacial score (nSPS) is 17.7. The summed E-state index contributed by atoms with van der Waals surface area (Å²) < 4.78 is 0. The van der Waals surface area contributed by atoms with Crippen molar-refractivity contribution in [3.05, 3.63) is 68.9 Å². The smallest absolute Gasteiger partial charge is 0.335 e. The SMILES string of the molecule is CC1=CC(Cc2ccc(C(=O)O)cc2)=c2[nH]c3c(c2C1=O)CC(C)(C)CC=3. The van der Waals surface area contributed by atoms with Gasteiger partial charge in [0.1, 0.15) is 0 Å². The summed E-state index contributed by atoms with van der Waals surface area (Å²) in [4.78, 5) is 27.4. The molecule has 2 N–H and O–H groups in total. The Morgan fingerprint density at radius 3 is 2.59 bits per heavy atom. The van der Waals surface area contributed by atoms with Crippen LogP contribution in [0.2, 0.25) is 0 Å². The highest BCUT2D eigenvalue weighted by Crippen LogP contribution is 2.30. The van der Waals surface area contributed by atoms with E-state index in [1.54, 1.807) is 12.1 Å². The maximum Gasteiger partial charge on any atom is 0.335 e. The summed E-state index contributed by atoms with van der Waals surface area (Å²) in [6.07, 6.45) is 6.71. The molecule has 0 spiro atoms. The maximum absolute atomic E-state index is 12.9. The van der Waals surface area contributed by atoms with Crippen LogP contribution in [0.3, 0.4) is 0 Å². The van der Waals surface area contributed by atoms with Gasteiger partial charge >= 0.3 is 5.97 Å². The molecule has 0 atom stereocenters. The average Bonchev–Trinajstić information content (AvgIpc) is 2.98. The van der Waals surface area contributed by atoms with E-state index >= 15 is 0 Å². The molecule has 0 saturated heterocycles. The van der Waals surface area contributed by atoms with Gasteiger partial charge < -0.3 is 10.1 Å². The predicted octanol–water partition coefficient (Wildman–Crippen LogP) is 3.00. The standard InChI is InChI=1S/C23H23NO3/c1-13-10-16(11-14-4-6-15(7-5-14)22(26)27)20-19(21(13)25)17-12-23(2,3)9-8-18(17)24-20/h4-8,10,24H,9,11-12H2,1-3H3,(H,26,27). The molecule has 1 aromatic carbocycles. The minimum absolute atomic E-state index is 0.110. The van der Waals surface area contributed by atoms with Crippen LogP contribution in [0.1, 0.15) is 59.0 Å². The van der Waals surface area contributed by atoms with Crippen molar-refractivity contribution in [3.63, 3.8) is 0 Å². The van der Waals surface area contributed by atoms with E-state index in [0.717, 1.165) is 51.4 Å². The van der Waals surface area contributed by atoms with Gasteiger partial charge in [-0.1, -0.05) is 32.1 Å². The molecule has 4 nitrogen and oxygen atoms in total. The van der Waals surface area contributed by atoms with Crippen molar-refractivity contribution in [1.29, 1.82) is 0 Å². The highest BCUT2D eigenvalue weighted by Gasteiger charge is 2.30. The Hall–Kier alpha value is -2.88. The Labute approximate surface area is 157 Å². The van der Waals surface area contributed by atoms with E-state index in [2.05, 4.69) is 24.9 Å². The molecule has 2 aliphatic carbocycles. The third-order valence-electron chi connectivity index (χ3n) is 5.54. The first kappa shape index (κ1) is 17.5. The summed E-state index contributed by atoms with van der Waals surface area (Å²) in [6, 6.07) is 6.93. The zero-order valence-corrected chi connectivity index (χ0v) is 15.8. The summed E-state index contributed by atoms with van der Waals surface area (Å²) in [7, 11) is 0. The quantitative estimate of drug-likeness (QED) is 0.883. The van der Waals surface area contributed by atoms with E-state index in [1.807, 2.05) is 25.1 Å². The Balaban J connectivity index is 1.83. The molecule has 1 aromatic heterocycles. The van der Waals surface area contributed by atoms with Crippen LogP contribution in [0.4, 0.5) is 0 Å². The zero-order chi connectivity index (χ0) is 19.3. The van der Waals surface area contributed by atoms with E-state index in [-0.39, 0.29) is 16.8 Å². The van der Waals surface area contributed by atoms with Crippen molar-refractivity contribution in [2.75, 3.05) is 0 Å². The zero-order valence-electron chi connectivity index (χ0n) is 15.8. The van der Waals surface area contributed by atoms with Crippen LogP contribution in [-0.4, -0.2) is 21.8 Å². The Kier molecular flexibility index (Phi) is 3.95. The average molecular weight is 361 g/mol. The number of Topliss-reactive ketones (excluding diaryl/α,β-unsaturated/α-hetero) is 1. The van der Waals surface area contributed by atoms with Gasteiger partial charge in [0.05, 0.1) is 16.5 Å². The number of aromatic carboxylic acids is 1. The number of carboxylic acids is 1. The predicted molar refractivity (Wildman–Crippen MR) is 105 cm³/mol. The number of rotatable bonds is 3. The maximum atomic E-state index is 12.9. The second kappa shape index (κ2) is 6.08. The molecule has 0 fully saturated rings. The number of carbonyl (C=O) groups excluding carboxylic acids is 1. The van der Waals surface area contributed by atoms with Gasteiger partial charge in [-0.3, -0.25) is 4.79 Å². The number of hydrogen-bond donors (Lipinski definition) is 2. The van der Waals surface area contributed by atoms with Gasteiger partial charge in [0.25, 0.3) is 0 Å². The lowest BCUT2D eigenvalue weighted by Crippen LogP contribution is -2.27. The van der Waals surface area contributed by atoms with E-state index in [0.29, 0.717) is 6.42 Å². The van der Waals surface area contributed by atoms with Crippen molar-refractivity contribution in [1.82, 2.24) is 4.98 Å². The summed E-state index contributed by atoms with van der Waals surface area (Å²) in [5.74, 6) is -0.815. The lowest BCUT2D eigenvalue weighted by molar-refractivity contribution is 0.0696. The summed E-state index contributed by atoms with van der Waals surface area (Å²) in [5, 5.41) is 11.1. The van der Waals surface area contributed by atoms with E-state index in [1.165, 1.54) is 0 Å². The van der Waals surface area contributed by atoms with E-state index < -0.39 is 5.97 Å². The van der Waals surface area contributed by atoms with Crippen molar-refractivity contribution < 1.29 is 14.7 Å². The molecule has 138 valence electrons. The molecular formula is C23H23NO3. The first-order valence-electron chi connectivity index (χ1n) is 9.25. The highest BCUT2D eigenvalue weighted by atomic mass is 16.4. The fourth-order valence-corrected chi connectivity index (χ4v) is 4.06. The third kappa shape index (κ3) is 3.05. The van der Waals surface area contributed by atoms with Gasteiger partial charge in [0.2, 0.25) is 0 Å². The molecule has 4 rings (SSSR count). The number of aromatic amines is 1. The van der Waals surface area contributed by atoms with Crippen LogP contribution in [0.15, 0.2) is 35.9 Å². The number of allylic oxidation sites excluding steroid dienone is 2. The topological polar surface area (TPSA) is 70.2 Å². The first-order chi connectivity index (χ1) is 12.7. The molecule has 0 saturated carbocycles. The fraction of sp³-hybridized carbons (Fsp3) is 0.304. The van der Waals surface area contributed by atoms with Gasteiger partial charge in [0, 0.05) is 5.35 Å². The molecule has 1 heterocycles.